The fourth-order valence-electron chi connectivity index (χ4n) is 4.27. The monoisotopic (exact) mass is 342 g/mol. The highest BCUT2D eigenvalue weighted by atomic mass is 16.5. The number of nitrogens with zero attached hydrogens (tertiary/aromatic N) is 2. The molecule has 2 aliphatic rings. The molecule has 2 aromatic rings. The maximum Gasteiger partial charge on any atom is 0.259 e. The van der Waals surface area contributed by atoms with Gasteiger partial charge >= 0.3 is 0 Å². The largest absolute Gasteiger partial charge is 0.393 e. The van der Waals surface area contributed by atoms with Crippen molar-refractivity contribution in [3.63, 3.8) is 0 Å². The SMILES string of the molecule is CO[C@]12CC[C@@H](O)C[C@H]1N(C(=O)c1conc1-c1ccccc1)CC2. The predicted molar refractivity (Wildman–Crippen MR) is 91.0 cm³/mol. The number of methoxy groups -OCH3 is 1. The first kappa shape index (κ1) is 16.3. The molecule has 1 aromatic heterocycles. The summed E-state index contributed by atoms with van der Waals surface area (Å²) in [6, 6.07) is 9.42. The van der Waals surface area contributed by atoms with Crippen LogP contribution in [0, 0.1) is 0 Å². The van der Waals surface area contributed by atoms with E-state index in [-0.39, 0.29) is 17.6 Å². The van der Waals surface area contributed by atoms with E-state index < -0.39 is 6.10 Å². The molecule has 132 valence electrons. The molecule has 6 heteroatoms. The molecule has 1 aliphatic heterocycles. The summed E-state index contributed by atoms with van der Waals surface area (Å²) in [7, 11) is 1.70. The molecule has 0 unspecified atom stereocenters. The van der Waals surface area contributed by atoms with Gasteiger partial charge in [-0.3, -0.25) is 4.79 Å². The molecule has 1 amide bonds. The fourth-order valence-corrected chi connectivity index (χ4v) is 4.27. The van der Waals surface area contributed by atoms with Crippen molar-refractivity contribution in [3.05, 3.63) is 42.2 Å². The second kappa shape index (κ2) is 6.28. The lowest BCUT2D eigenvalue weighted by Gasteiger charge is -2.42. The van der Waals surface area contributed by atoms with E-state index in [9.17, 15) is 9.90 Å². The number of carbonyl (C=O) groups is 1. The second-order valence-corrected chi connectivity index (χ2v) is 6.90. The van der Waals surface area contributed by atoms with Crippen LogP contribution in [0.5, 0.6) is 0 Å². The zero-order chi connectivity index (χ0) is 17.4. The van der Waals surface area contributed by atoms with Gasteiger partial charge in [-0.05, 0) is 25.7 Å². The predicted octanol–water partition coefficient (Wildman–Crippen LogP) is 2.49. The second-order valence-electron chi connectivity index (χ2n) is 6.90. The van der Waals surface area contributed by atoms with Crippen LogP contribution in [0.3, 0.4) is 0 Å². The maximum atomic E-state index is 13.2. The van der Waals surface area contributed by atoms with Crippen LogP contribution in [0.1, 0.15) is 36.0 Å². The Morgan fingerprint density at radius 3 is 2.92 bits per heavy atom. The quantitative estimate of drug-likeness (QED) is 0.927. The number of carbonyl (C=O) groups excluding carboxylic acids is 1. The van der Waals surface area contributed by atoms with Crippen molar-refractivity contribution in [1.29, 1.82) is 0 Å². The summed E-state index contributed by atoms with van der Waals surface area (Å²) < 4.78 is 10.9. The third-order valence-electron chi connectivity index (χ3n) is 5.67. The Kier molecular flexibility index (Phi) is 4.09. The van der Waals surface area contributed by atoms with E-state index >= 15 is 0 Å². The first-order chi connectivity index (χ1) is 12.1. The van der Waals surface area contributed by atoms with Crippen molar-refractivity contribution >= 4 is 5.91 Å². The number of aliphatic hydroxyl groups excluding tert-OH is 1. The van der Waals surface area contributed by atoms with E-state index in [1.54, 1.807) is 7.11 Å². The molecule has 0 bridgehead atoms. The molecule has 1 aromatic carbocycles. The number of aliphatic hydroxyl groups is 1. The van der Waals surface area contributed by atoms with Gasteiger partial charge in [-0.2, -0.15) is 0 Å². The van der Waals surface area contributed by atoms with Crippen LogP contribution in [-0.2, 0) is 4.74 Å². The van der Waals surface area contributed by atoms with Gasteiger partial charge in [0, 0.05) is 19.2 Å². The number of likely N-dealkylation sites (tertiary alicyclic amines) is 1. The number of benzene rings is 1. The molecule has 2 heterocycles. The zero-order valence-corrected chi connectivity index (χ0v) is 14.2. The Morgan fingerprint density at radius 2 is 2.16 bits per heavy atom. The van der Waals surface area contributed by atoms with Crippen LogP contribution in [0.2, 0.25) is 0 Å². The third-order valence-corrected chi connectivity index (χ3v) is 5.67. The standard InChI is InChI=1S/C19H22N2O4/c1-24-19-8-7-14(22)11-16(19)21(10-9-19)18(23)15-12-25-20-17(15)13-5-3-2-4-6-13/h2-6,12,14,16,22H,7-11H2,1H3/t14-,16-,19+/m1/s1. The lowest BCUT2D eigenvalue weighted by Crippen LogP contribution is -2.52. The van der Waals surface area contributed by atoms with Gasteiger partial charge in [-0.15, -0.1) is 0 Å². The van der Waals surface area contributed by atoms with Gasteiger partial charge in [0.15, 0.2) is 0 Å². The Bertz CT molecular complexity index is 760. The third kappa shape index (κ3) is 2.65. The van der Waals surface area contributed by atoms with E-state index in [0.29, 0.717) is 24.2 Å². The van der Waals surface area contributed by atoms with Crippen LogP contribution < -0.4 is 0 Å². The molecule has 6 nitrogen and oxygen atoms in total. The molecule has 0 spiro atoms. The van der Waals surface area contributed by atoms with Crippen LogP contribution in [0.15, 0.2) is 41.1 Å². The number of fused-ring (bicyclic) bond motifs is 1. The number of hydrogen-bond acceptors (Lipinski definition) is 5. The minimum absolute atomic E-state index is 0.113. The molecule has 1 saturated carbocycles. The summed E-state index contributed by atoms with van der Waals surface area (Å²) in [5.41, 5.74) is 1.51. The van der Waals surface area contributed by atoms with E-state index in [1.165, 1.54) is 6.26 Å². The summed E-state index contributed by atoms with van der Waals surface area (Å²) in [5, 5.41) is 14.1. The Labute approximate surface area is 146 Å². The highest BCUT2D eigenvalue weighted by Gasteiger charge is 2.52. The van der Waals surface area contributed by atoms with Crippen molar-refractivity contribution in [1.82, 2.24) is 10.1 Å². The minimum atomic E-state index is -0.391. The molecule has 25 heavy (non-hydrogen) atoms. The van der Waals surface area contributed by atoms with Crippen molar-refractivity contribution < 1.29 is 19.2 Å². The van der Waals surface area contributed by atoms with Crippen molar-refractivity contribution in [3.8, 4) is 11.3 Å². The molecule has 3 atom stereocenters. The average molecular weight is 342 g/mol. The summed E-state index contributed by atoms with van der Waals surface area (Å²) >= 11 is 0. The Balaban J connectivity index is 1.65. The lowest BCUT2D eigenvalue weighted by molar-refractivity contribution is -0.0824. The summed E-state index contributed by atoms with van der Waals surface area (Å²) in [6.07, 6.45) is 3.85. The number of amides is 1. The first-order valence-corrected chi connectivity index (χ1v) is 8.68. The van der Waals surface area contributed by atoms with Gasteiger partial charge in [0.25, 0.3) is 5.91 Å². The smallest absolute Gasteiger partial charge is 0.259 e. The Morgan fingerprint density at radius 1 is 1.36 bits per heavy atom. The summed E-state index contributed by atoms with van der Waals surface area (Å²) in [6.45, 7) is 0.615. The maximum absolute atomic E-state index is 13.2. The average Bonchev–Trinajstić information content (AvgIpc) is 3.27. The van der Waals surface area contributed by atoms with Crippen LogP contribution >= 0.6 is 0 Å². The van der Waals surface area contributed by atoms with Crippen LogP contribution in [0.25, 0.3) is 11.3 Å². The number of hydrogen-bond donors (Lipinski definition) is 1. The topological polar surface area (TPSA) is 75.8 Å². The lowest BCUT2D eigenvalue weighted by atomic mass is 9.79. The molecular formula is C19H22N2O4. The van der Waals surface area contributed by atoms with Crippen molar-refractivity contribution in [2.75, 3.05) is 13.7 Å². The van der Waals surface area contributed by atoms with E-state index in [4.69, 9.17) is 9.26 Å². The highest BCUT2D eigenvalue weighted by Crippen LogP contribution is 2.43. The number of rotatable bonds is 3. The fraction of sp³-hybridized carbons (Fsp3) is 0.474. The van der Waals surface area contributed by atoms with Gasteiger partial charge < -0.3 is 19.3 Å². The van der Waals surface area contributed by atoms with Crippen molar-refractivity contribution in [2.24, 2.45) is 0 Å². The van der Waals surface area contributed by atoms with Crippen molar-refractivity contribution in [2.45, 2.75) is 43.4 Å². The molecule has 1 saturated heterocycles. The number of aromatic nitrogens is 1. The van der Waals surface area contributed by atoms with E-state index in [1.807, 2.05) is 35.2 Å². The van der Waals surface area contributed by atoms with Gasteiger partial charge in [0.2, 0.25) is 0 Å². The first-order valence-electron chi connectivity index (χ1n) is 8.68. The summed E-state index contributed by atoms with van der Waals surface area (Å²) in [4.78, 5) is 15.0. The minimum Gasteiger partial charge on any atom is -0.393 e. The highest BCUT2D eigenvalue weighted by molar-refractivity contribution is 6.00. The zero-order valence-electron chi connectivity index (χ0n) is 14.2. The van der Waals surface area contributed by atoms with Gasteiger partial charge in [0.1, 0.15) is 17.5 Å². The Hall–Kier alpha value is -2.18. The van der Waals surface area contributed by atoms with Gasteiger partial charge in [0.05, 0.1) is 17.7 Å². The number of ether oxygens (including phenoxy) is 1. The normalized spacial score (nSPS) is 28.8. The van der Waals surface area contributed by atoms with Gasteiger partial charge in [-0.25, -0.2) is 0 Å². The van der Waals surface area contributed by atoms with Crippen LogP contribution in [0.4, 0.5) is 0 Å². The van der Waals surface area contributed by atoms with E-state index in [2.05, 4.69) is 5.16 Å². The van der Waals surface area contributed by atoms with Gasteiger partial charge in [-0.1, -0.05) is 35.5 Å². The molecule has 2 fully saturated rings. The molecule has 1 N–H and O–H groups in total. The molecular weight excluding hydrogens is 320 g/mol. The van der Waals surface area contributed by atoms with Crippen LogP contribution in [-0.4, -0.2) is 52.5 Å². The molecule has 1 aliphatic carbocycles. The summed E-state index contributed by atoms with van der Waals surface area (Å²) in [5.74, 6) is -0.113. The van der Waals surface area contributed by atoms with E-state index in [0.717, 1.165) is 24.8 Å². The molecule has 4 rings (SSSR count). The molecule has 0 radical (unpaired) electrons.